The molecule has 11 nitrogen and oxygen atoms in total. The van der Waals surface area contributed by atoms with Gasteiger partial charge in [0.2, 0.25) is 16.0 Å². The Hall–Kier alpha value is -4.06. The first kappa shape index (κ1) is 26.5. The number of rotatable bonds is 10. The molecule has 3 aromatic heterocycles. The van der Waals surface area contributed by atoms with Crippen molar-refractivity contribution in [2.45, 2.75) is 50.2 Å². The molecule has 0 amide bonds. The number of methoxy groups -OCH3 is 2. The van der Waals surface area contributed by atoms with E-state index >= 15 is 0 Å². The van der Waals surface area contributed by atoms with Gasteiger partial charge < -0.3 is 9.47 Å². The van der Waals surface area contributed by atoms with Crippen LogP contribution in [-0.2, 0) is 15.4 Å². The molecule has 39 heavy (non-hydrogen) atoms. The van der Waals surface area contributed by atoms with E-state index in [0.29, 0.717) is 28.8 Å². The van der Waals surface area contributed by atoms with Crippen molar-refractivity contribution in [3.63, 3.8) is 0 Å². The molecular weight excluding hydrogens is 518 g/mol. The average Bonchev–Trinajstić information content (AvgIpc) is 3.67. The molecule has 0 bridgehead atoms. The standard InChI is InChI=1S/C27H31N7O4S/c1-17-15-29-24(30-16-17)18(2)19(3)39(35,36)33-26-32-31-25(27(12-13-27)22-11-6-7-14-28-22)34(26)23-20(37-4)9-8-10-21(23)38-5/h6-11,14-16,18-19H,12-13H2,1-5H3,(H,32,33)/t18-,19-/m0/s1. The number of aromatic nitrogens is 6. The number of benzene rings is 1. The van der Waals surface area contributed by atoms with Gasteiger partial charge in [0.05, 0.1) is 30.6 Å². The van der Waals surface area contributed by atoms with E-state index in [4.69, 9.17) is 9.47 Å². The van der Waals surface area contributed by atoms with Crippen molar-refractivity contribution < 1.29 is 17.9 Å². The molecule has 1 fully saturated rings. The van der Waals surface area contributed by atoms with Crippen LogP contribution in [0.1, 0.15) is 55.5 Å². The van der Waals surface area contributed by atoms with Crippen LogP contribution >= 0.6 is 0 Å². The number of sulfonamides is 1. The quantitative estimate of drug-likeness (QED) is 0.313. The molecule has 0 spiro atoms. The normalized spacial score (nSPS) is 15.8. The van der Waals surface area contributed by atoms with Crippen molar-refractivity contribution in [1.29, 1.82) is 0 Å². The molecule has 0 aliphatic heterocycles. The molecule has 2 atom stereocenters. The van der Waals surface area contributed by atoms with E-state index in [1.54, 1.807) is 69.4 Å². The maximum atomic E-state index is 13.7. The second-order valence-corrected chi connectivity index (χ2v) is 11.8. The number of anilines is 1. The summed E-state index contributed by atoms with van der Waals surface area (Å²) in [6.45, 7) is 5.29. The Morgan fingerprint density at radius 2 is 1.62 bits per heavy atom. The Morgan fingerprint density at radius 1 is 0.949 bits per heavy atom. The molecule has 5 rings (SSSR count). The fourth-order valence-corrected chi connectivity index (χ4v) is 5.86. The van der Waals surface area contributed by atoms with Crippen LogP contribution in [0.5, 0.6) is 11.5 Å². The van der Waals surface area contributed by atoms with E-state index in [9.17, 15) is 8.42 Å². The molecule has 3 heterocycles. The van der Waals surface area contributed by atoms with E-state index in [2.05, 4.69) is 29.9 Å². The summed E-state index contributed by atoms with van der Waals surface area (Å²) >= 11 is 0. The monoisotopic (exact) mass is 549 g/mol. The predicted octanol–water partition coefficient (Wildman–Crippen LogP) is 3.79. The van der Waals surface area contributed by atoms with Gasteiger partial charge in [-0.2, -0.15) is 0 Å². The third-order valence-electron chi connectivity index (χ3n) is 7.26. The third-order valence-corrected chi connectivity index (χ3v) is 9.11. The van der Waals surface area contributed by atoms with Gasteiger partial charge in [0, 0.05) is 24.5 Å². The van der Waals surface area contributed by atoms with E-state index in [1.807, 2.05) is 25.1 Å². The first-order chi connectivity index (χ1) is 18.7. The Balaban J connectivity index is 1.62. The van der Waals surface area contributed by atoms with Gasteiger partial charge in [0.25, 0.3) is 0 Å². The fourth-order valence-electron chi connectivity index (χ4n) is 4.63. The van der Waals surface area contributed by atoms with Gasteiger partial charge >= 0.3 is 0 Å². The molecule has 4 aromatic rings. The molecule has 1 aliphatic rings. The van der Waals surface area contributed by atoms with Crippen LogP contribution in [-0.4, -0.2) is 57.6 Å². The smallest absolute Gasteiger partial charge is 0.243 e. The van der Waals surface area contributed by atoms with Gasteiger partial charge in [-0.3, -0.25) is 14.3 Å². The highest BCUT2D eigenvalue weighted by molar-refractivity contribution is 7.93. The second-order valence-electron chi connectivity index (χ2n) is 9.75. The maximum Gasteiger partial charge on any atom is 0.243 e. The topological polar surface area (TPSA) is 134 Å². The lowest BCUT2D eigenvalue weighted by atomic mass is 10.0. The zero-order valence-electron chi connectivity index (χ0n) is 22.5. The highest BCUT2D eigenvalue weighted by Crippen LogP contribution is 2.53. The van der Waals surface area contributed by atoms with Crippen LogP contribution < -0.4 is 14.2 Å². The highest BCUT2D eigenvalue weighted by Gasteiger charge is 2.52. The van der Waals surface area contributed by atoms with Crippen LogP contribution in [0.3, 0.4) is 0 Å². The summed E-state index contributed by atoms with van der Waals surface area (Å²) in [4.78, 5) is 13.3. The number of hydrogen-bond donors (Lipinski definition) is 1. The van der Waals surface area contributed by atoms with E-state index in [0.717, 1.165) is 24.1 Å². The van der Waals surface area contributed by atoms with Crippen LogP contribution in [0, 0.1) is 6.92 Å². The second kappa shape index (κ2) is 10.3. The molecule has 1 aromatic carbocycles. The van der Waals surface area contributed by atoms with E-state index in [-0.39, 0.29) is 5.95 Å². The van der Waals surface area contributed by atoms with Gasteiger partial charge in [-0.05, 0) is 56.5 Å². The summed E-state index contributed by atoms with van der Waals surface area (Å²) in [5, 5.41) is 7.98. The van der Waals surface area contributed by atoms with Crippen molar-refractivity contribution in [3.8, 4) is 17.2 Å². The molecule has 1 aliphatic carbocycles. The summed E-state index contributed by atoms with van der Waals surface area (Å²) in [5.74, 6) is 1.48. The maximum absolute atomic E-state index is 13.7. The number of aryl methyl sites for hydroxylation is 1. The Morgan fingerprint density at radius 3 is 2.18 bits per heavy atom. The van der Waals surface area contributed by atoms with E-state index in [1.165, 1.54) is 0 Å². The SMILES string of the molecule is COc1cccc(OC)c1-n1c(NS(=O)(=O)[C@@H](C)[C@H](C)c2ncc(C)cn2)nnc1C1(c2ccccn2)CC1. The van der Waals surface area contributed by atoms with Crippen LogP contribution in [0.4, 0.5) is 5.95 Å². The van der Waals surface area contributed by atoms with Crippen molar-refractivity contribution in [3.05, 3.63) is 77.9 Å². The zero-order valence-corrected chi connectivity index (χ0v) is 23.3. The molecular formula is C27H31N7O4S. The van der Waals surface area contributed by atoms with Crippen molar-refractivity contribution in [2.24, 2.45) is 0 Å². The summed E-state index contributed by atoms with van der Waals surface area (Å²) in [7, 11) is -0.878. The number of nitrogens with zero attached hydrogens (tertiary/aromatic N) is 6. The number of para-hydroxylation sites is 1. The van der Waals surface area contributed by atoms with Gasteiger partial charge in [-0.1, -0.05) is 19.1 Å². The third kappa shape index (κ3) is 4.80. The molecule has 204 valence electrons. The molecule has 1 N–H and O–H groups in total. The predicted molar refractivity (Wildman–Crippen MR) is 146 cm³/mol. The Bertz CT molecular complexity index is 1550. The van der Waals surface area contributed by atoms with Crippen molar-refractivity contribution in [2.75, 3.05) is 18.9 Å². The molecule has 1 saturated carbocycles. The lowest BCUT2D eigenvalue weighted by Gasteiger charge is -2.23. The summed E-state index contributed by atoms with van der Waals surface area (Å²) in [5.41, 5.74) is 1.69. The first-order valence-corrected chi connectivity index (χ1v) is 14.2. The average molecular weight is 550 g/mol. The van der Waals surface area contributed by atoms with Crippen LogP contribution in [0.2, 0.25) is 0 Å². The molecule has 12 heteroatoms. The number of pyridine rings is 1. The minimum atomic E-state index is -3.97. The van der Waals surface area contributed by atoms with Gasteiger partial charge in [0.15, 0.2) is 5.82 Å². The van der Waals surface area contributed by atoms with E-state index < -0.39 is 26.6 Å². The largest absolute Gasteiger partial charge is 0.494 e. The zero-order chi connectivity index (χ0) is 27.8. The van der Waals surface area contributed by atoms with Crippen molar-refractivity contribution >= 4 is 16.0 Å². The highest BCUT2D eigenvalue weighted by atomic mass is 32.2. The minimum Gasteiger partial charge on any atom is -0.494 e. The van der Waals surface area contributed by atoms with Gasteiger partial charge in [0.1, 0.15) is 23.0 Å². The molecule has 0 radical (unpaired) electrons. The number of ether oxygens (including phenoxy) is 2. The summed E-state index contributed by atoms with van der Waals surface area (Å²) in [6, 6.07) is 11.1. The van der Waals surface area contributed by atoms with Gasteiger partial charge in [-0.15, -0.1) is 10.2 Å². The van der Waals surface area contributed by atoms with Crippen molar-refractivity contribution in [1.82, 2.24) is 29.7 Å². The number of hydrogen-bond acceptors (Lipinski definition) is 9. The number of nitrogens with one attached hydrogen (secondary N) is 1. The Kier molecular flexibility index (Phi) is 6.98. The summed E-state index contributed by atoms with van der Waals surface area (Å²) < 4.78 is 43.1. The first-order valence-electron chi connectivity index (χ1n) is 12.6. The van der Waals surface area contributed by atoms with Crippen LogP contribution in [0.25, 0.3) is 5.69 Å². The van der Waals surface area contributed by atoms with Gasteiger partial charge in [-0.25, -0.2) is 18.4 Å². The minimum absolute atomic E-state index is 0.0267. The lowest BCUT2D eigenvalue weighted by molar-refractivity contribution is 0.390. The molecule has 0 saturated heterocycles. The summed E-state index contributed by atoms with van der Waals surface area (Å²) in [6.07, 6.45) is 6.65. The fraction of sp³-hybridized carbons (Fsp3) is 0.370. The Labute approximate surface area is 227 Å². The molecule has 0 unspecified atom stereocenters. The van der Waals surface area contributed by atoms with Crippen LogP contribution in [0.15, 0.2) is 55.0 Å². The lowest BCUT2D eigenvalue weighted by Crippen LogP contribution is -2.31.